The van der Waals surface area contributed by atoms with Gasteiger partial charge in [0.05, 0.1) is 10.8 Å². The van der Waals surface area contributed by atoms with Crippen LogP contribution >= 0.6 is 24.0 Å². The minimum atomic E-state index is -3.42. The van der Waals surface area contributed by atoms with E-state index in [2.05, 4.69) is 10.0 Å². The van der Waals surface area contributed by atoms with Crippen LogP contribution in [0.4, 0.5) is 4.39 Å². The lowest BCUT2D eigenvalue weighted by Gasteiger charge is -2.08. The van der Waals surface area contributed by atoms with Crippen molar-refractivity contribution in [2.45, 2.75) is 19.1 Å². The van der Waals surface area contributed by atoms with Crippen LogP contribution in [0.2, 0.25) is 5.02 Å². The molecule has 0 unspecified atom stereocenters. The van der Waals surface area contributed by atoms with Crippen LogP contribution in [0.1, 0.15) is 18.9 Å². The monoisotopic (exact) mass is 344 g/mol. The van der Waals surface area contributed by atoms with Crippen LogP contribution in [-0.2, 0) is 15.8 Å². The summed E-state index contributed by atoms with van der Waals surface area (Å²) in [7, 11) is -3.42. The van der Waals surface area contributed by atoms with E-state index in [-0.39, 0.29) is 23.2 Å². The van der Waals surface area contributed by atoms with Crippen molar-refractivity contribution < 1.29 is 12.8 Å². The molecule has 0 saturated carbocycles. The highest BCUT2D eigenvalue weighted by Crippen LogP contribution is 2.17. The third-order valence-electron chi connectivity index (χ3n) is 2.39. The second-order valence-corrected chi connectivity index (χ2v) is 6.37. The molecule has 0 aliphatic rings. The topological polar surface area (TPSA) is 58.2 Å². The average molecular weight is 345 g/mol. The summed E-state index contributed by atoms with van der Waals surface area (Å²) in [6.45, 7) is 3.80. The molecule has 0 bridgehead atoms. The Morgan fingerprint density at radius 3 is 2.55 bits per heavy atom. The minimum absolute atomic E-state index is 0. The second-order valence-electron chi connectivity index (χ2n) is 4.15. The van der Waals surface area contributed by atoms with Crippen LogP contribution in [-0.4, -0.2) is 28.1 Å². The molecule has 8 heteroatoms. The molecule has 1 aromatic carbocycles. The Bertz CT molecular complexity index is 512. The first-order chi connectivity index (χ1) is 8.94. The standard InChI is InChI=1S/C12H18ClFN2O2S.ClH/c1-2-5-15-6-7-16-19(17,18)9-10-3-4-12(14)11(13)8-10;/h3-4,8,15-16H,2,5-7,9H2,1H3;1H. The zero-order valence-electron chi connectivity index (χ0n) is 11.2. The first kappa shape index (κ1) is 19.6. The highest BCUT2D eigenvalue weighted by Gasteiger charge is 2.12. The third kappa shape index (κ3) is 7.40. The Kier molecular flexibility index (Phi) is 9.33. The Labute approximate surface area is 130 Å². The summed E-state index contributed by atoms with van der Waals surface area (Å²) in [5, 5.41) is 3.02. The molecule has 0 saturated heterocycles. The van der Waals surface area contributed by atoms with Crippen molar-refractivity contribution in [2.24, 2.45) is 0 Å². The molecule has 0 heterocycles. The molecule has 20 heavy (non-hydrogen) atoms. The normalized spacial score (nSPS) is 11.2. The van der Waals surface area contributed by atoms with Crippen LogP contribution in [0.5, 0.6) is 0 Å². The Balaban J connectivity index is 0.00000361. The summed E-state index contributed by atoms with van der Waals surface area (Å²) in [6, 6.07) is 3.90. The lowest BCUT2D eigenvalue weighted by molar-refractivity contribution is 0.574. The van der Waals surface area contributed by atoms with Gasteiger partial charge in [-0.2, -0.15) is 0 Å². The van der Waals surface area contributed by atoms with Gasteiger partial charge in [0.1, 0.15) is 5.82 Å². The summed E-state index contributed by atoms with van der Waals surface area (Å²) in [4.78, 5) is 0. The van der Waals surface area contributed by atoms with E-state index in [1.807, 2.05) is 6.92 Å². The molecule has 0 amide bonds. The van der Waals surface area contributed by atoms with Gasteiger partial charge in [-0.3, -0.25) is 0 Å². The van der Waals surface area contributed by atoms with E-state index in [1.165, 1.54) is 12.1 Å². The Morgan fingerprint density at radius 2 is 1.95 bits per heavy atom. The fourth-order valence-corrected chi connectivity index (χ4v) is 2.83. The van der Waals surface area contributed by atoms with E-state index in [4.69, 9.17) is 11.6 Å². The van der Waals surface area contributed by atoms with Crippen LogP contribution in [0.3, 0.4) is 0 Å². The number of rotatable bonds is 8. The summed E-state index contributed by atoms with van der Waals surface area (Å²) in [5.74, 6) is -0.764. The molecule has 0 aliphatic heterocycles. The quantitative estimate of drug-likeness (QED) is 0.711. The van der Waals surface area contributed by atoms with E-state index in [0.29, 0.717) is 18.7 Å². The Hall–Kier alpha value is -0.400. The van der Waals surface area contributed by atoms with Crippen LogP contribution in [0.15, 0.2) is 18.2 Å². The van der Waals surface area contributed by atoms with Gasteiger partial charge in [0, 0.05) is 13.1 Å². The molecule has 0 fully saturated rings. The summed E-state index contributed by atoms with van der Waals surface area (Å²) in [5.41, 5.74) is 0.459. The molecular formula is C12H19Cl2FN2O2S. The molecule has 2 N–H and O–H groups in total. The summed E-state index contributed by atoms with van der Waals surface area (Å²) in [6.07, 6.45) is 1.00. The van der Waals surface area contributed by atoms with Gasteiger partial charge in [-0.05, 0) is 30.7 Å². The molecule has 116 valence electrons. The lowest BCUT2D eigenvalue weighted by Crippen LogP contribution is -2.32. The minimum Gasteiger partial charge on any atom is -0.315 e. The summed E-state index contributed by atoms with van der Waals surface area (Å²) < 4.78 is 38.9. The number of halogens is 3. The molecular weight excluding hydrogens is 326 g/mol. The average Bonchev–Trinajstić information content (AvgIpc) is 2.33. The SMILES string of the molecule is CCCNCCNS(=O)(=O)Cc1ccc(F)c(Cl)c1.Cl. The first-order valence-electron chi connectivity index (χ1n) is 6.06. The number of hydrogen-bond acceptors (Lipinski definition) is 3. The smallest absolute Gasteiger partial charge is 0.215 e. The predicted octanol–water partition coefficient (Wildman–Crippen LogP) is 2.32. The van der Waals surface area contributed by atoms with E-state index >= 15 is 0 Å². The van der Waals surface area contributed by atoms with Gasteiger partial charge in [0.2, 0.25) is 10.0 Å². The van der Waals surface area contributed by atoms with Gasteiger partial charge in [0.25, 0.3) is 0 Å². The number of hydrogen-bond donors (Lipinski definition) is 2. The maximum atomic E-state index is 12.9. The van der Waals surface area contributed by atoms with Gasteiger partial charge in [-0.1, -0.05) is 24.6 Å². The van der Waals surface area contributed by atoms with Crippen LogP contribution in [0, 0.1) is 5.82 Å². The largest absolute Gasteiger partial charge is 0.315 e. The number of sulfonamides is 1. The number of benzene rings is 1. The number of nitrogens with one attached hydrogen (secondary N) is 2. The van der Waals surface area contributed by atoms with Crippen molar-refractivity contribution >= 4 is 34.0 Å². The predicted molar refractivity (Wildman–Crippen MR) is 82.4 cm³/mol. The molecule has 0 aromatic heterocycles. The van der Waals surface area contributed by atoms with Crippen molar-refractivity contribution in [3.63, 3.8) is 0 Å². The van der Waals surface area contributed by atoms with Crippen LogP contribution < -0.4 is 10.0 Å². The van der Waals surface area contributed by atoms with Crippen molar-refractivity contribution in [3.8, 4) is 0 Å². The van der Waals surface area contributed by atoms with E-state index in [1.54, 1.807) is 0 Å². The van der Waals surface area contributed by atoms with E-state index < -0.39 is 15.8 Å². The summed E-state index contributed by atoms with van der Waals surface area (Å²) >= 11 is 5.60. The molecule has 0 atom stereocenters. The maximum Gasteiger partial charge on any atom is 0.215 e. The zero-order chi connectivity index (χ0) is 14.3. The maximum absolute atomic E-state index is 12.9. The van der Waals surface area contributed by atoms with E-state index in [0.717, 1.165) is 19.0 Å². The van der Waals surface area contributed by atoms with Crippen LogP contribution in [0.25, 0.3) is 0 Å². The van der Waals surface area contributed by atoms with Gasteiger partial charge in [-0.25, -0.2) is 17.5 Å². The highest BCUT2D eigenvalue weighted by atomic mass is 35.5. The van der Waals surface area contributed by atoms with Crippen molar-refractivity contribution in [2.75, 3.05) is 19.6 Å². The van der Waals surface area contributed by atoms with Gasteiger partial charge in [0.15, 0.2) is 0 Å². The zero-order valence-corrected chi connectivity index (χ0v) is 13.5. The first-order valence-corrected chi connectivity index (χ1v) is 8.09. The molecule has 0 spiro atoms. The van der Waals surface area contributed by atoms with Crippen molar-refractivity contribution in [1.82, 2.24) is 10.0 Å². The highest BCUT2D eigenvalue weighted by molar-refractivity contribution is 7.88. The molecule has 1 rings (SSSR count). The third-order valence-corrected chi connectivity index (χ3v) is 4.04. The molecule has 0 radical (unpaired) electrons. The van der Waals surface area contributed by atoms with Gasteiger partial charge < -0.3 is 5.32 Å². The molecule has 4 nitrogen and oxygen atoms in total. The van der Waals surface area contributed by atoms with E-state index in [9.17, 15) is 12.8 Å². The van der Waals surface area contributed by atoms with Gasteiger partial charge >= 0.3 is 0 Å². The Morgan fingerprint density at radius 1 is 1.25 bits per heavy atom. The fourth-order valence-electron chi connectivity index (χ4n) is 1.50. The molecule has 0 aliphatic carbocycles. The van der Waals surface area contributed by atoms with Crippen molar-refractivity contribution in [3.05, 3.63) is 34.6 Å². The van der Waals surface area contributed by atoms with Crippen molar-refractivity contribution in [1.29, 1.82) is 0 Å². The fraction of sp³-hybridized carbons (Fsp3) is 0.500. The van der Waals surface area contributed by atoms with Gasteiger partial charge in [-0.15, -0.1) is 12.4 Å². The lowest BCUT2D eigenvalue weighted by atomic mass is 10.2. The molecule has 1 aromatic rings. The second kappa shape index (κ2) is 9.52.